The number of amides is 2. The summed E-state index contributed by atoms with van der Waals surface area (Å²) in [6.07, 6.45) is 1.22. The van der Waals surface area contributed by atoms with Crippen LogP contribution in [0.25, 0.3) is 0 Å². The second kappa shape index (κ2) is 6.68. The fourth-order valence-corrected chi connectivity index (χ4v) is 4.10. The van der Waals surface area contributed by atoms with E-state index in [1.54, 1.807) is 21.6 Å². The Bertz CT molecular complexity index is 443. The van der Waals surface area contributed by atoms with Crippen LogP contribution in [0.15, 0.2) is 0 Å². The van der Waals surface area contributed by atoms with Crippen LogP contribution >= 0.6 is 11.8 Å². The normalized spacial score (nSPS) is 29.0. The van der Waals surface area contributed by atoms with Crippen molar-refractivity contribution in [2.45, 2.75) is 32.7 Å². The van der Waals surface area contributed by atoms with Gasteiger partial charge in [0, 0.05) is 25.3 Å². The topological polar surface area (TPSA) is 77.9 Å². The lowest BCUT2D eigenvalue weighted by molar-refractivity contribution is -0.144. The van der Waals surface area contributed by atoms with Crippen LogP contribution in [0.3, 0.4) is 0 Å². The first-order chi connectivity index (χ1) is 9.95. The van der Waals surface area contributed by atoms with Crippen molar-refractivity contribution < 1.29 is 19.5 Å². The predicted octanol–water partition coefficient (Wildman–Crippen LogP) is 0.867. The molecule has 1 unspecified atom stereocenters. The zero-order valence-electron chi connectivity index (χ0n) is 12.4. The summed E-state index contributed by atoms with van der Waals surface area (Å²) in [5.74, 6) is -0.304. The monoisotopic (exact) mass is 314 g/mol. The molecule has 0 aromatic carbocycles. The molecule has 2 heterocycles. The van der Waals surface area contributed by atoms with Crippen molar-refractivity contribution >= 4 is 29.5 Å². The number of likely N-dealkylation sites (tertiary alicyclic amines) is 1. The van der Waals surface area contributed by atoms with E-state index in [4.69, 9.17) is 5.11 Å². The van der Waals surface area contributed by atoms with E-state index in [9.17, 15) is 14.4 Å². The Morgan fingerprint density at radius 2 is 2.00 bits per heavy atom. The van der Waals surface area contributed by atoms with E-state index < -0.39 is 17.9 Å². The van der Waals surface area contributed by atoms with Crippen molar-refractivity contribution in [3.63, 3.8) is 0 Å². The standard InChI is InChI=1S/C14H22N2O4S/c1-3-4-12(17)16-8-21-7-11(16)13(18)15-5-9(2)10(6-15)14(19)20/h9-11H,3-8H2,1-2H3,(H,19,20)/t9-,10-,11?/m1/s1. The first kappa shape index (κ1) is 16.1. The van der Waals surface area contributed by atoms with Crippen molar-refractivity contribution in [2.24, 2.45) is 11.8 Å². The van der Waals surface area contributed by atoms with E-state index in [0.29, 0.717) is 24.6 Å². The summed E-state index contributed by atoms with van der Waals surface area (Å²) < 4.78 is 0. The minimum atomic E-state index is -0.850. The van der Waals surface area contributed by atoms with Gasteiger partial charge in [-0.1, -0.05) is 13.8 Å². The molecule has 0 aromatic rings. The second-order valence-electron chi connectivity index (χ2n) is 5.79. The number of rotatable bonds is 4. The molecule has 0 radical (unpaired) electrons. The first-order valence-corrected chi connectivity index (χ1v) is 8.50. The van der Waals surface area contributed by atoms with Crippen LogP contribution in [0, 0.1) is 11.8 Å². The van der Waals surface area contributed by atoms with E-state index >= 15 is 0 Å². The highest BCUT2D eigenvalue weighted by molar-refractivity contribution is 7.99. The van der Waals surface area contributed by atoms with Gasteiger partial charge < -0.3 is 14.9 Å². The molecule has 2 aliphatic rings. The number of carboxylic acid groups (broad SMARTS) is 1. The second-order valence-corrected chi connectivity index (χ2v) is 6.79. The number of hydrogen-bond acceptors (Lipinski definition) is 4. The molecule has 3 atom stereocenters. The molecule has 2 fully saturated rings. The molecule has 0 aromatic heterocycles. The minimum Gasteiger partial charge on any atom is -0.481 e. The lowest BCUT2D eigenvalue weighted by Gasteiger charge is -2.27. The van der Waals surface area contributed by atoms with Crippen LogP contribution in [0.2, 0.25) is 0 Å². The number of aliphatic carboxylic acids is 1. The molecule has 0 spiro atoms. The van der Waals surface area contributed by atoms with Crippen LogP contribution in [-0.2, 0) is 14.4 Å². The molecular weight excluding hydrogens is 292 g/mol. The van der Waals surface area contributed by atoms with Crippen molar-refractivity contribution in [3.05, 3.63) is 0 Å². The van der Waals surface area contributed by atoms with E-state index in [1.165, 1.54) is 0 Å². The van der Waals surface area contributed by atoms with Gasteiger partial charge in [0.05, 0.1) is 11.8 Å². The third-order valence-corrected chi connectivity index (χ3v) is 5.20. The summed E-state index contributed by atoms with van der Waals surface area (Å²) in [6, 6.07) is -0.422. The average Bonchev–Trinajstić information content (AvgIpc) is 3.04. The molecule has 0 saturated carbocycles. The molecule has 7 heteroatoms. The maximum absolute atomic E-state index is 12.6. The van der Waals surface area contributed by atoms with Crippen molar-refractivity contribution in [2.75, 3.05) is 24.7 Å². The summed E-state index contributed by atoms with van der Waals surface area (Å²) in [6.45, 7) is 4.52. The number of carboxylic acids is 1. The molecule has 2 saturated heterocycles. The molecular formula is C14H22N2O4S. The molecule has 0 bridgehead atoms. The van der Waals surface area contributed by atoms with E-state index in [-0.39, 0.29) is 24.3 Å². The van der Waals surface area contributed by atoms with E-state index in [1.807, 2.05) is 13.8 Å². The Hall–Kier alpha value is -1.24. The highest BCUT2D eigenvalue weighted by atomic mass is 32.2. The molecule has 2 rings (SSSR count). The summed E-state index contributed by atoms with van der Waals surface area (Å²) in [5.41, 5.74) is 0. The van der Waals surface area contributed by atoms with Crippen LogP contribution in [0.4, 0.5) is 0 Å². The molecule has 1 N–H and O–H groups in total. The number of carbonyl (C=O) groups is 3. The van der Waals surface area contributed by atoms with Crippen LogP contribution in [0.5, 0.6) is 0 Å². The molecule has 21 heavy (non-hydrogen) atoms. The van der Waals surface area contributed by atoms with Crippen molar-refractivity contribution in [1.82, 2.24) is 9.80 Å². The van der Waals surface area contributed by atoms with Crippen LogP contribution < -0.4 is 0 Å². The van der Waals surface area contributed by atoms with Gasteiger partial charge in [0.25, 0.3) is 0 Å². The zero-order chi connectivity index (χ0) is 15.6. The Morgan fingerprint density at radius 1 is 1.29 bits per heavy atom. The van der Waals surface area contributed by atoms with Crippen LogP contribution in [0.1, 0.15) is 26.7 Å². The van der Waals surface area contributed by atoms with Gasteiger partial charge in [-0.25, -0.2) is 0 Å². The zero-order valence-corrected chi connectivity index (χ0v) is 13.3. The molecule has 2 amide bonds. The lowest BCUT2D eigenvalue weighted by atomic mass is 9.99. The highest BCUT2D eigenvalue weighted by Gasteiger charge is 2.42. The van der Waals surface area contributed by atoms with Gasteiger partial charge in [0.15, 0.2) is 0 Å². The predicted molar refractivity (Wildman–Crippen MR) is 79.7 cm³/mol. The summed E-state index contributed by atoms with van der Waals surface area (Å²) >= 11 is 1.58. The Labute approximate surface area is 128 Å². The first-order valence-electron chi connectivity index (χ1n) is 7.34. The highest BCUT2D eigenvalue weighted by Crippen LogP contribution is 2.28. The third-order valence-electron chi connectivity index (χ3n) is 4.19. The number of hydrogen-bond donors (Lipinski definition) is 1. The largest absolute Gasteiger partial charge is 0.481 e. The lowest BCUT2D eigenvalue weighted by Crippen LogP contribution is -2.48. The molecule has 118 valence electrons. The Kier molecular flexibility index (Phi) is 5.13. The molecule has 0 aliphatic carbocycles. The van der Waals surface area contributed by atoms with Gasteiger partial charge in [-0.3, -0.25) is 14.4 Å². The average molecular weight is 314 g/mol. The van der Waals surface area contributed by atoms with Gasteiger partial charge in [0.1, 0.15) is 6.04 Å². The Balaban J connectivity index is 2.03. The van der Waals surface area contributed by atoms with Gasteiger partial charge >= 0.3 is 5.97 Å². The smallest absolute Gasteiger partial charge is 0.308 e. The van der Waals surface area contributed by atoms with E-state index in [0.717, 1.165) is 6.42 Å². The Morgan fingerprint density at radius 3 is 2.57 bits per heavy atom. The molecule has 6 nitrogen and oxygen atoms in total. The van der Waals surface area contributed by atoms with Gasteiger partial charge in [-0.15, -0.1) is 11.8 Å². The fraction of sp³-hybridized carbons (Fsp3) is 0.786. The quantitative estimate of drug-likeness (QED) is 0.833. The summed E-state index contributed by atoms with van der Waals surface area (Å²) in [7, 11) is 0. The molecule has 2 aliphatic heterocycles. The van der Waals surface area contributed by atoms with Gasteiger partial charge in [-0.2, -0.15) is 0 Å². The third kappa shape index (κ3) is 3.33. The SMILES string of the molecule is CCCC(=O)N1CSCC1C(=O)N1C[C@@H](C)[C@H](C(=O)O)C1. The minimum absolute atomic E-state index is 0.0166. The van der Waals surface area contributed by atoms with Crippen molar-refractivity contribution in [3.8, 4) is 0 Å². The maximum Gasteiger partial charge on any atom is 0.308 e. The number of carbonyl (C=O) groups excluding carboxylic acids is 2. The fourth-order valence-electron chi connectivity index (χ4n) is 2.93. The maximum atomic E-state index is 12.6. The summed E-state index contributed by atoms with van der Waals surface area (Å²) in [5, 5.41) is 9.15. The van der Waals surface area contributed by atoms with Crippen LogP contribution in [-0.4, -0.2) is 63.5 Å². The summed E-state index contributed by atoms with van der Waals surface area (Å²) in [4.78, 5) is 39.1. The van der Waals surface area contributed by atoms with Gasteiger partial charge in [0.2, 0.25) is 11.8 Å². The van der Waals surface area contributed by atoms with Crippen molar-refractivity contribution in [1.29, 1.82) is 0 Å². The van der Waals surface area contributed by atoms with E-state index in [2.05, 4.69) is 0 Å². The van der Waals surface area contributed by atoms with Gasteiger partial charge in [-0.05, 0) is 12.3 Å². The number of thioether (sulfide) groups is 1. The number of nitrogens with zero attached hydrogens (tertiary/aromatic N) is 2.